The first kappa shape index (κ1) is 32.5. The molecule has 3 aliphatic rings. The van der Waals surface area contributed by atoms with E-state index in [-0.39, 0.29) is 35.1 Å². The van der Waals surface area contributed by atoms with Gasteiger partial charge in [-0.15, -0.1) is 0 Å². The largest absolute Gasteiger partial charge is 0.508 e. The maximum absolute atomic E-state index is 14.2. The normalized spacial score (nSPS) is 28.0. The fourth-order valence-electron chi connectivity index (χ4n) is 7.51. The molecule has 0 radical (unpaired) electrons. The average Bonchev–Trinajstić information content (AvgIpc) is 2.93. The number of allylic oxidation sites excluding steroid dienone is 1. The molecule has 7 N–H and O–H groups in total. The SMILES string of the molecule is CN(C)c1cc(NCc2ccc(C(C)(C)C)cc2)c(O)c2c1C[C@H]1C[C@H]3[C@H](N(C)C)C(O)C(C(N)=O)C(=O)[C@@]3(O)C(O)=C1C2=O. The molecule has 0 bridgehead atoms. The van der Waals surface area contributed by atoms with Gasteiger partial charge in [-0.1, -0.05) is 45.0 Å². The number of aromatic hydroxyl groups is 1. The van der Waals surface area contributed by atoms with E-state index in [0.29, 0.717) is 23.5 Å². The molecule has 11 nitrogen and oxygen atoms in total. The number of likely N-dealkylation sites (N-methyl/N-ethyl adjacent to an activating group) is 1. The fourth-order valence-corrected chi connectivity index (χ4v) is 7.51. The Morgan fingerprint density at radius 1 is 1.09 bits per heavy atom. The van der Waals surface area contributed by atoms with Crippen LogP contribution in [0.15, 0.2) is 41.7 Å². The predicted molar refractivity (Wildman–Crippen MR) is 170 cm³/mol. The Kier molecular flexibility index (Phi) is 8.04. The van der Waals surface area contributed by atoms with Crippen LogP contribution in [-0.2, 0) is 28.0 Å². The van der Waals surface area contributed by atoms with Gasteiger partial charge in [0.2, 0.25) is 5.91 Å². The molecule has 1 fully saturated rings. The van der Waals surface area contributed by atoms with Crippen LogP contribution >= 0.6 is 0 Å². The van der Waals surface area contributed by atoms with Crippen molar-refractivity contribution in [3.8, 4) is 5.75 Å². The Morgan fingerprint density at radius 3 is 2.24 bits per heavy atom. The third-order valence-electron chi connectivity index (χ3n) is 9.85. The zero-order valence-corrected chi connectivity index (χ0v) is 26.9. The van der Waals surface area contributed by atoms with Crippen molar-refractivity contribution >= 4 is 28.8 Å². The number of phenolic OH excluding ortho intramolecular Hbond substituents is 1. The number of hydrogen-bond donors (Lipinski definition) is 6. The Balaban J connectivity index is 1.58. The molecule has 0 aromatic heterocycles. The number of carbonyl (C=O) groups excluding carboxylic acids is 3. The molecule has 0 saturated heterocycles. The number of nitrogens with zero attached hydrogens (tertiary/aromatic N) is 2. The highest BCUT2D eigenvalue weighted by atomic mass is 16.3. The number of nitrogens with one attached hydrogen (secondary N) is 1. The number of carbonyl (C=O) groups is 3. The van der Waals surface area contributed by atoms with Crippen molar-refractivity contribution in [3.63, 3.8) is 0 Å². The van der Waals surface area contributed by atoms with E-state index in [2.05, 4.69) is 38.2 Å². The molecule has 1 saturated carbocycles. The number of nitrogens with two attached hydrogens (primary N) is 1. The molecule has 2 aromatic rings. The number of anilines is 2. The number of ketones is 2. The van der Waals surface area contributed by atoms with Crippen molar-refractivity contribution in [3.05, 3.63) is 63.9 Å². The van der Waals surface area contributed by atoms with Gasteiger partial charge in [0.15, 0.2) is 17.2 Å². The number of aliphatic hydroxyl groups excluding tert-OH is 2. The van der Waals surface area contributed by atoms with E-state index < -0.39 is 58.7 Å². The van der Waals surface area contributed by atoms with Crippen LogP contribution in [0.3, 0.4) is 0 Å². The number of hydrogen-bond acceptors (Lipinski definition) is 10. The maximum atomic E-state index is 14.2. The first-order valence-corrected chi connectivity index (χ1v) is 15.2. The van der Waals surface area contributed by atoms with Gasteiger partial charge in [-0.05, 0) is 61.0 Å². The van der Waals surface area contributed by atoms with E-state index in [4.69, 9.17) is 5.73 Å². The summed E-state index contributed by atoms with van der Waals surface area (Å²) < 4.78 is 0. The van der Waals surface area contributed by atoms with Crippen molar-refractivity contribution in [2.45, 2.75) is 63.3 Å². The molecular formula is C34H44N4O7. The number of phenols is 1. The van der Waals surface area contributed by atoms with Crippen LogP contribution in [0.2, 0.25) is 0 Å². The van der Waals surface area contributed by atoms with E-state index in [1.165, 1.54) is 5.56 Å². The Bertz CT molecular complexity index is 1590. The van der Waals surface area contributed by atoms with Gasteiger partial charge in [-0.2, -0.15) is 0 Å². The van der Waals surface area contributed by atoms with Crippen LogP contribution in [0, 0.1) is 17.8 Å². The maximum Gasteiger partial charge on any atom is 0.230 e. The minimum Gasteiger partial charge on any atom is -0.508 e. The molecule has 1 amide bonds. The second-order valence-corrected chi connectivity index (χ2v) is 14.1. The van der Waals surface area contributed by atoms with Crippen molar-refractivity contribution in [2.75, 3.05) is 38.4 Å². The number of rotatable bonds is 6. The van der Waals surface area contributed by atoms with Crippen molar-refractivity contribution in [1.29, 1.82) is 0 Å². The molecule has 242 valence electrons. The van der Waals surface area contributed by atoms with Gasteiger partial charge in [-0.25, -0.2) is 0 Å². The first-order valence-electron chi connectivity index (χ1n) is 15.2. The molecule has 0 aliphatic heterocycles. The quantitative estimate of drug-likeness (QED) is 0.207. The van der Waals surface area contributed by atoms with E-state index in [9.17, 15) is 34.8 Å². The van der Waals surface area contributed by atoms with Crippen molar-refractivity contribution in [2.24, 2.45) is 23.5 Å². The minimum atomic E-state index is -2.62. The molecule has 5 rings (SSSR count). The van der Waals surface area contributed by atoms with Crippen LogP contribution in [0.1, 0.15) is 54.2 Å². The molecule has 2 aromatic carbocycles. The Hall–Kier alpha value is -3.93. The summed E-state index contributed by atoms with van der Waals surface area (Å²) in [5.74, 6) is -7.57. The lowest BCUT2D eigenvalue weighted by molar-refractivity contribution is -0.178. The van der Waals surface area contributed by atoms with Gasteiger partial charge >= 0.3 is 0 Å². The topological polar surface area (TPSA) is 177 Å². The molecular weight excluding hydrogens is 576 g/mol. The van der Waals surface area contributed by atoms with Crippen molar-refractivity contribution < 1.29 is 34.8 Å². The van der Waals surface area contributed by atoms with Crippen LogP contribution in [0.25, 0.3) is 0 Å². The highest BCUT2D eigenvalue weighted by Crippen LogP contribution is 2.54. The molecule has 2 unspecified atom stereocenters. The summed E-state index contributed by atoms with van der Waals surface area (Å²) in [7, 11) is 6.93. The van der Waals surface area contributed by atoms with Gasteiger partial charge in [0.1, 0.15) is 17.4 Å². The van der Waals surface area contributed by atoms with E-state index in [1.807, 2.05) is 31.1 Å². The smallest absolute Gasteiger partial charge is 0.230 e. The number of fused-ring (bicyclic) bond motifs is 3. The zero-order chi connectivity index (χ0) is 33.3. The first-order chi connectivity index (χ1) is 20.9. The summed E-state index contributed by atoms with van der Waals surface area (Å²) in [6.45, 7) is 6.78. The lowest BCUT2D eigenvalue weighted by Gasteiger charge is -2.53. The van der Waals surface area contributed by atoms with Gasteiger partial charge in [0, 0.05) is 43.9 Å². The number of Topliss-reactive ketones (excluding diaryl/α,β-unsaturated/α-hetero) is 2. The number of amides is 1. The van der Waals surface area contributed by atoms with Crippen LogP contribution in [-0.4, -0.2) is 88.7 Å². The molecule has 11 heteroatoms. The lowest BCUT2D eigenvalue weighted by atomic mass is 9.56. The van der Waals surface area contributed by atoms with Gasteiger partial charge in [-0.3, -0.25) is 14.4 Å². The summed E-state index contributed by atoms with van der Waals surface area (Å²) in [6, 6.07) is 9.00. The summed E-state index contributed by atoms with van der Waals surface area (Å²) in [4.78, 5) is 43.6. The van der Waals surface area contributed by atoms with Crippen LogP contribution in [0.4, 0.5) is 11.4 Å². The average molecular weight is 621 g/mol. The standard InChI is InChI=1S/C34H44N4O7/c1-33(2,3)18-10-8-16(9-11-18)15-36-21-14-22(37(4)5)19-12-17-13-20-26(38(6)7)29(41)25(32(35)44)31(43)34(20,45)30(42)23(17)28(40)24(19)27(21)39/h8-11,14,17,20,25-26,29,36,39,41-42,45H,12-13,15H2,1-7H3,(H2,35,44)/t17-,20-,25?,26-,29?,34-/m0/s1. The third kappa shape index (κ3) is 5.07. The Labute approximate surface area is 263 Å². The summed E-state index contributed by atoms with van der Waals surface area (Å²) >= 11 is 0. The lowest BCUT2D eigenvalue weighted by Crippen LogP contribution is -2.71. The highest BCUT2D eigenvalue weighted by molar-refractivity contribution is 6.17. The number of benzene rings is 2. The van der Waals surface area contributed by atoms with E-state index >= 15 is 0 Å². The third-order valence-corrected chi connectivity index (χ3v) is 9.85. The molecule has 0 spiro atoms. The van der Waals surface area contributed by atoms with Gasteiger partial charge in [0.25, 0.3) is 0 Å². The second-order valence-electron chi connectivity index (χ2n) is 14.1. The zero-order valence-electron chi connectivity index (χ0n) is 26.9. The van der Waals surface area contributed by atoms with Gasteiger partial charge in [0.05, 0.1) is 17.4 Å². The summed E-state index contributed by atoms with van der Waals surface area (Å²) in [5.41, 5.74) is 6.40. The highest BCUT2D eigenvalue weighted by Gasteiger charge is 2.66. The summed E-state index contributed by atoms with van der Waals surface area (Å²) in [6.07, 6.45) is -1.22. The minimum absolute atomic E-state index is 0.00422. The monoisotopic (exact) mass is 620 g/mol. The second kappa shape index (κ2) is 11.1. The fraction of sp³-hybridized carbons (Fsp3) is 0.500. The van der Waals surface area contributed by atoms with Gasteiger partial charge < -0.3 is 41.3 Å². The molecule has 0 heterocycles. The van der Waals surface area contributed by atoms with E-state index in [0.717, 1.165) is 5.56 Å². The Morgan fingerprint density at radius 2 is 1.71 bits per heavy atom. The number of aliphatic hydroxyl groups is 3. The van der Waals surface area contributed by atoms with Crippen molar-refractivity contribution in [1.82, 2.24) is 4.90 Å². The van der Waals surface area contributed by atoms with Crippen LogP contribution in [0.5, 0.6) is 5.75 Å². The molecule has 6 atom stereocenters. The van der Waals surface area contributed by atoms with E-state index in [1.54, 1.807) is 25.1 Å². The molecule has 45 heavy (non-hydrogen) atoms. The number of primary amides is 1. The predicted octanol–water partition coefficient (Wildman–Crippen LogP) is 2.26. The van der Waals surface area contributed by atoms with Crippen LogP contribution < -0.4 is 16.0 Å². The summed E-state index contributed by atoms with van der Waals surface area (Å²) in [5, 5.41) is 49.3. The molecule has 3 aliphatic carbocycles.